The Kier molecular flexibility index (Phi) is 3.82. The maximum atomic E-state index is 12.1. The molecule has 1 aliphatic rings. The molecule has 1 aromatic heterocycles. The molecule has 3 N–H and O–H groups in total. The van der Waals surface area contributed by atoms with E-state index in [4.69, 9.17) is 5.11 Å². The highest BCUT2D eigenvalue weighted by Crippen LogP contribution is 2.11. The predicted octanol–water partition coefficient (Wildman–Crippen LogP) is -1.38. The summed E-state index contributed by atoms with van der Waals surface area (Å²) in [7, 11) is 1.60. The lowest BCUT2D eigenvalue weighted by atomic mass is 10.1. The first kappa shape index (κ1) is 13.8. The van der Waals surface area contributed by atoms with Crippen LogP contribution in [0, 0.1) is 0 Å². The van der Waals surface area contributed by atoms with Crippen molar-refractivity contribution in [2.24, 2.45) is 7.05 Å². The van der Waals surface area contributed by atoms with E-state index in [9.17, 15) is 14.4 Å². The van der Waals surface area contributed by atoms with E-state index in [1.54, 1.807) is 7.05 Å². The number of hydrogen-bond donors (Lipinski definition) is 3. The first-order valence-corrected chi connectivity index (χ1v) is 5.90. The van der Waals surface area contributed by atoms with Crippen LogP contribution in [0.1, 0.15) is 6.42 Å². The molecule has 108 valence electrons. The Morgan fingerprint density at radius 3 is 2.95 bits per heavy atom. The number of anilines is 1. The highest BCUT2D eigenvalue weighted by Gasteiger charge is 2.35. The number of aryl methyl sites for hydroxylation is 1. The number of hydrogen-bond acceptors (Lipinski definition) is 5. The first-order valence-electron chi connectivity index (χ1n) is 5.90. The summed E-state index contributed by atoms with van der Waals surface area (Å²) in [5, 5.41) is 17.6. The van der Waals surface area contributed by atoms with Crippen molar-refractivity contribution in [2.75, 3.05) is 18.4 Å². The number of carbonyl (C=O) groups is 3. The fourth-order valence-electron chi connectivity index (χ4n) is 1.90. The van der Waals surface area contributed by atoms with Gasteiger partial charge in [-0.25, -0.2) is 9.48 Å². The van der Waals surface area contributed by atoms with Gasteiger partial charge in [-0.3, -0.25) is 14.9 Å². The van der Waals surface area contributed by atoms with Crippen LogP contribution in [0.5, 0.6) is 0 Å². The van der Waals surface area contributed by atoms with Crippen molar-refractivity contribution in [3.63, 3.8) is 0 Å². The van der Waals surface area contributed by atoms with E-state index in [0.29, 0.717) is 0 Å². The van der Waals surface area contributed by atoms with Crippen LogP contribution < -0.4 is 10.6 Å². The van der Waals surface area contributed by atoms with Crippen molar-refractivity contribution < 1.29 is 19.5 Å². The van der Waals surface area contributed by atoms with Gasteiger partial charge in [0, 0.05) is 20.1 Å². The van der Waals surface area contributed by atoms with Crippen LogP contribution in [0.3, 0.4) is 0 Å². The van der Waals surface area contributed by atoms with Gasteiger partial charge in [-0.15, -0.1) is 0 Å². The minimum atomic E-state index is -1.15. The van der Waals surface area contributed by atoms with Crippen LogP contribution in [0.4, 0.5) is 10.7 Å². The largest absolute Gasteiger partial charge is 0.481 e. The molecule has 1 unspecified atom stereocenters. The number of carboxylic acid groups (broad SMARTS) is 1. The van der Waals surface area contributed by atoms with Crippen molar-refractivity contribution in [3.8, 4) is 0 Å². The minimum Gasteiger partial charge on any atom is -0.481 e. The molecule has 2 rings (SSSR count). The van der Waals surface area contributed by atoms with Crippen molar-refractivity contribution >= 4 is 23.9 Å². The maximum absolute atomic E-state index is 12.1. The number of carbonyl (C=O) groups excluding carboxylic acids is 2. The highest BCUT2D eigenvalue weighted by atomic mass is 16.4. The molecule has 10 nitrogen and oxygen atoms in total. The lowest BCUT2D eigenvalue weighted by Gasteiger charge is -2.33. The number of nitrogens with one attached hydrogen (secondary N) is 2. The Hall–Kier alpha value is -2.65. The quantitative estimate of drug-likeness (QED) is 0.626. The summed E-state index contributed by atoms with van der Waals surface area (Å²) in [6, 6.07) is -1.61. The van der Waals surface area contributed by atoms with Gasteiger partial charge in [-0.1, -0.05) is 0 Å². The minimum absolute atomic E-state index is 0.218. The van der Waals surface area contributed by atoms with Crippen LogP contribution >= 0.6 is 0 Å². The van der Waals surface area contributed by atoms with E-state index in [-0.39, 0.29) is 19.0 Å². The zero-order chi connectivity index (χ0) is 14.7. The van der Waals surface area contributed by atoms with Gasteiger partial charge in [-0.2, -0.15) is 10.1 Å². The standard InChI is InChI=1S/C10H14N6O4/c1-15-9(12-5-13-15)14-10(20)16-3-2-11-8(19)6(16)4-7(17)18/h5-6H,2-4H2,1H3,(H,11,19)(H,17,18)(H,12,13,14,20). The average molecular weight is 282 g/mol. The lowest BCUT2D eigenvalue weighted by molar-refractivity contribution is -0.142. The number of aromatic nitrogens is 3. The predicted molar refractivity (Wildman–Crippen MR) is 65.8 cm³/mol. The van der Waals surface area contributed by atoms with Gasteiger partial charge in [0.15, 0.2) is 0 Å². The van der Waals surface area contributed by atoms with Crippen LogP contribution in [0.2, 0.25) is 0 Å². The van der Waals surface area contributed by atoms with Crippen molar-refractivity contribution in [3.05, 3.63) is 6.33 Å². The van der Waals surface area contributed by atoms with E-state index in [0.717, 1.165) is 0 Å². The topological polar surface area (TPSA) is 129 Å². The molecule has 0 saturated carbocycles. The SMILES string of the molecule is Cn1ncnc1NC(=O)N1CCNC(=O)C1CC(=O)O. The van der Waals surface area contributed by atoms with Gasteiger partial charge in [0.25, 0.3) is 0 Å². The Labute approximate surface area is 113 Å². The summed E-state index contributed by atoms with van der Waals surface area (Å²) >= 11 is 0. The fraction of sp³-hybridized carbons (Fsp3) is 0.500. The lowest BCUT2D eigenvalue weighted by Crippen LogP contribution is -2.58. The molecule has 1 saturated heterocycles. The molecule has 20 heavy (non-hydrogen) atoms. The third-order valence-electron chi connectivity index (χ3n) is 2.89. The van der Waals surface area contributed by atoms with E-state index < -0.39 is 30.4 Å². The number of piperazine rings is 1. The van der Waals surface area contributed by atoms with Crippen molar-refractivity contribution in [2.45, 2.75) is 12.5 Å². The summed E-state index contributed by atoms with van der Waals surface area (Å²) in [5.74, 6) is -1.41. The van der Waals surface area contributed by atoms with Gasteiger partial charge in [0.05, 0.1) is 6.42 Å². The van der Waals surface area contributed by atoms with E-state index in [2.05, 4.69) is 20.7 Å². The second-order valence-electron chi connectivity index (χ2n) is 4.24. The van der Waals surface area contributed by atoms with Gasteiger partial charge < -0.3 is 15.3 Å². The summed E-state index contributed by atoms with van der Waals surface area (Å²) < 4.78 is 1.36. The molecule has 1 aliphatic heterocycles. The second kappa shape index (κ2) is 5.55. The molecule has 1 fully saturated rings. The number of carboxylic acids is 1. The van der Waals surface area contributed by atoms with Crippen LogP contribution in [0.25, 0.3) is 0 Å². The van der Waals surface area contributed by atoms with E-state index >= 15 is 0 Å². The zero-order valence-electron chi connectivity index (χ0n) is 10.7. The summed E-state index contributed by atoms with van der Waals surface area (Å²) in [6.45, 7) is 0.508. The number of urea groups is 1. The molecule has 0 aromatic carbocycles. The monoisotopic (exact) mass is 282 g/mol. The van der Waals surface area contributed by atoms with Crippen LogP contribution in [-0.4, -0.2) is 61.8 Å². The maximum Gasteiger partial charge on any atom is 0.324 e. The number of nitrogens with zero attached hydrogens (tertiary/aromatic N) is 4. The molecular formula is C10H14N6O4. The van der Waals surface area contributed by atoms with E-state index in [1.807, 2.05) is 0 Å². The van der Waals surface area contributed by atoms with Crippen LogP contribution in [-0.2, 0) is 16.6 Å². The van der Waals surface area contributed by atoms with Crippen molar-refractivity contribution in [1.29, 1.82) is 0 Å². The molecule has 10 heteroatoms. The number of amides is 3. The summed E-state index contributed by atoms with van der Waals surface area (Å²) in [5.41, 5.74) is 0. The Morgan fingerprint density at radius 1 is 1.60 bits per heavy atom. The average Bonchev–Trinajstić information content (AvgIpc) is 2.77. The fourth-order valence-corrected chi connectivity index (χ4v) is 1.90. The normalized spacial score (nSPS) is 18.6. The van der Waals surface area contributed by atoms with Crippen molar-refractivity contribution in [1.82, 2.24) is 25.0 Å². The molecule has 0 radical (unpaired) electrons. The summed E-state index contributed by atoms with van der Waals surface area (Å²) in [6.07, 6.45) is 0.825. The molecule has 0 aliphatic carbocycles. The Balaban J connectivity index is 2.11. The highest BCUT2D eigenvalue weighted by molar-refractivity contribution is 5.95. The summed E-state index contributed by atoms with van der Waals surface area (Å²) in [4.78, 5) is 39.6. The smallest absolute Gasteiger partial charge is 0.324 e. The van der Waals surface area contributed by atoms with Gasteiger partial charge in [0.1, 0.15) is 12.4 Å². The molecule has 1 atom stereocenters. The van der Waals surface area contributed by atoms with Gasteiger partial charge in [0.2, 0.25) is 11.9 Å². The molecule has 0 spiro atoms. The molecule has 2 heterocycles. The van der Waals surface area contributed by atoms with Crippen LogP contribution in [0.15, 0.2) is 6.33 Å². The molecule has 3 amide bonds. The third-order valence-corrected chi connectivity index (χ3v) is 2.89. The second-order valence-corrected chi connectivity index (χ2v) is 4.24. The zero-order valence-corrected chi connectivity index (χ0v) is 10.7. The molecule has 1 aromatic rings. The number of aliphatic carboxylic acids is 1. The number of rotatable bonds is 3. The Bertz CT molecular complexity index is 542. The third kappa shape index (κ3) is 2.84. The molecule has 0 bridgehead atoms. The molecular weight excluding hydrogens is 268 g/mol. The van der Waals surface area contributed by atoms with Gasteiger partial charge in [-0.05, 0) is 0 Å². The van der Waals surface area contributed by atoms with E-state index in [1.165, 1.54) is 15.9 Å². The first-order chi connectivity index (χ1) is 9.49. The Morgan fingerprint density at radius 2 is 2.35 bits per heavy atom. The van der Waals surface area contributed by atoms with Gasteiger partial charge >= 0.3 is 12.0 Å².